The molecule has 0 unspecified atom stereocenters. The molecular formula is C29H36N2O5. The summed E-state index contributed by atoms with van der Waals surface area (Å²) in [6.45, 7) is 5.94. The summed E-state index contributed by atoms with van der Waals surface area (Å²) in [7, 11) is 3.83. The summed E-state index contributed by atoms with van der Waals surface area (Å²) in [6, 6.07) is 3.86. The van der Waals surface area contributed by atoms with Crippen LogP contribution in [0.25, 0.3) is 6.08 Å². The predicted octanol–water partition coefficient (Wildman–Crippen LogP) is 4.23. The Labute approximate surface area is 212 Å². The van der Waals surface area contributed by atoms with Gasteiger partial charge in [0.1, 0.15) is 11.9 Å². The van der Waals surface area contributed by atoms with Crippen LogP contribution in [0.15, 0.2) is 35.2 Å². The number of furan rings is 1. The second-order valence-electron chi connectivity index (χ2n) is 11.4. The van der Waals surface area contributed by atoms with Crippen molar-refractivity contribution in [1.82, 2.24) is 9.80 Å². The van der Waals surface area contributed by atoms with Crippen LogP contribution < -0.4 is 9.47 Å². The summed E-state index contributed by atoms with van der Waals surface area (Å²) in [5, 5.41) is 11.0. The van der Waals surface area contributed by atoms with Crippen LogP contribution in [-0.4, -0.2) is 66.2 Å². The number of amides is 1. The molecule has 2 aromatic rings. The number of hydrogen-bond donors (Lipinski definition) is 1. The lowest BCUT2D eigenvalue weighted by molar-refractivity contribution is -0.138. The fraction of sp³-hybridized carbons (Fsp3) is 0.552. The van der Waals surface area contributed by atoms with E-state index in [1.165, 1.54) is 0 Å². The van der Waals surface area contributed by atoms with Gasteiger partial charge in [-0.1, -0.05) is 13.8 Å². The number of rotatable bonds is 6. The van der Waals surface area contributed by atoms with Crippen molar-refractivity contribution in [2.75, 3.05) is 27.2 Å². The number of carbonyl (C=O) groups excluding carboxylic acids is 1. The van der Waals surface area contributed by atoms with Crippen LogP contribution in [0.3, 0.4) is 0 Å². The van der Waals surface area contributed by atoms with Crippen LogP contribution in [0.4, 0.5) is 0 Å². The molecule has 2 aliphatic heterocycles. The van der Waals surface area contributed by atoms with Gasteiger partial charge in [-0.05, 0) is 63.3 Å². The topological polar surface area (TPSA) is 75.4 Å². The van der Waals surface area contributed by atoms with Gasteiger partial charge in [0.25, 0.3) is 0 Å². The second-order valence-corrected chi connectivity index (χ2v) is 11.4. The van der Waals surface area contributed by atoms with E-state index in [4.69, 9.17) is 13.9 Å². The highest BCUT2D eigenvalue weighted by Crippen LogP contribution is 2.65. The highest BCUT2D eigenvalue weighted by atomic mass is 16.5. The third kappa shape index (κ3) is 3.31. The van der Waals surface area contributed by atoms with Crippen LogP contribution in [0, 0.1) is 11.8 Å². The van der Waals surface area contributed by atoms with Crippen LogP contribution in [0.5, 0.6) is 17.2 Å². The number of piperidine rings is 1. The third-order valence-corrected chi connectivity index (χ3v) is 9.08. The number of phenolic OH excluding ortho intramolecular Hbond substituents is 1. The number of carbonyl (C=O) groups is 1. The molecule has 36 heavy (non-hydrogen) atoms. The molecule has 6 rings (SSSR count). The average molecular weight is 493 g/mol. The maximum Gasteiger partial charge on any atom is 0.246 e. The van der Waals surface area contributed by atoms with Gasteiger partial charge in [-0.25, -0.2) is 0 Å². The number of nitrogens with zero attached hydrogens (tertiary/aromatic N) is 2. The van der Waals surface area contributed by atoms with Gasteiger partial charge in [-0.15, -0.1) is 0 Å². The number of likely N-dealkylation sites (tertiary alicyclic amines) is 1. The lowest BCUT2D eigenvalue weighted by atomic mass is 9.51. The molecule has 1 saturated carbocycles. The Bertz CT molecular complexity index is 1190. The fourth-order valence-electron chi connectivity index (χ4n) is 7.65. The Morgan fingerprint density at radius 3 is 2.94 bits per heavy atom. The smallest absolute Gasteiger partial charge is 0.246 e. The van der Waals surface area contributed by atoms with E-state index >= 15 is 0 Å². The molecule has 2 aliphatic carbocycles. The number of aromatic hydroxyl groups is 1. The van der Waals surface area contributed by atoms with Crippen LogP contribution in [-0.2, 0) is 16.6 Å². The lowest BCUT2D eigenvalue weighted by Crippen LogP contribution is -2.68. The molecule has 3 heterocycles. The minimum Gasteiger partial charge on any atom is -0.508 e. The Hall–Kier alpha value is -2.93. The zero-order chi connectivity index (χ0) is 25.2. The first-order chi connectivity index (χ1) is 17.3. The first kappa shape index (κ1) is 23.5. The normalized spacial score (nSPS) is 30.4. The van der Waals surface area contributed by atoms with E-state index in [9.17, 15) is 9.90 Å². The van der Waals surface area contributed by atoms with Crippen molar-refractivity contribution in [2.24, 2.45) is 11.8 Å². The van der Waals surface area contributed by atoms with Crippen molar-refractivity contribution in [3.8, 4) is 17.2 Å². The largest absolute Gasteiger partial charge is 0.508 e. The minimum atomic E-state index is -0.223. The van der Waals surface area contributed by atoms with E-state index in [2.05, 4.69) is 25.8 Å². The summed E-state index contributed by atoms with van der Waals surface area (Å²) in [6.07, 6.45) is 10.3. The highest BCUT2D eigenvalue weighted by molar-refractivity contribution is 5.92. The molecule has 1 spiro atoms. The van der Waals surface area contributed by atoms with Gasteiger partial charge < -0.3 is 28.8 Å². The van der Waals surface area contributed by atoms with Gasteiger partial charge in [-0.3, -0.25) is 4.79 Å². The number of hydrogen-bond acceptors (Lipinski definition) is 6. The van der Waals surface area contributed by atoms with Crippen molar-refractivity contribution >= 4 is 12.0 Å². The van der Waals surface area contributed by atoms with E-state index in [-0.39, 0.29) is 23.5 Å². The molecule has 1 aromatic carbocycles. The quantitative estimate of drug-likeness (QED) is 0.609. The molecule has 2 fully saturated rings. The minimum absolute atomic E-state index is 0.000344. The first-order valence-electron chi connectivity index (χ1n) is 13.2. The van der Waals surface area contributed by atoms with Crippen LogP contribution in [0.1, 0.15) is 49.8 Å². The van der Waals surface area contributed by atoms with Crippen molar-refractivity contribution in [2.45, 2.75) is 63.1 Å². The molecule has 7 nitrogen and oxygen atoms in total. The molecule has 1 saturated heterocycles. The zero-order valence-electron chi connectivity index (χ0n) is 21.6. The zero-order valence-corrected chi connectivity index (χ0v) is 21.6. The van der Waals surface area contributed by atoms with Crippen molar-refractivity contribution < 1.29 is 23.8 Å². The van der Waals surface area contributed by atoms with Gasteiger partial charge in [0.2, 0.25) is 5.91 Å². The molecule has 192 valence electrons. The van der Waals surface area contributed by atoms with Crippen molar-refractivity contribution in [3.05, 3.63) is 47.4 Å². The van der Waals surface area contributed by atoms with E-state index < -0.39 is 0 Å². The molecule has 1 N–H and O–H groups in total. The van der Waals surface area contributed by atoms with E-state index in [1.807, 2.05) is 17.0 Å². The predicted molar refractivity (Wildman–Crippen MR) is 136 cm³/mol. The monoisotopic (exact) mass is 492 g/mol. The maximum absolute atomic E-state index is 13.7. The average Bonchev–Trinajstić information content (AvgIpc) is 3.50. The fourth-order valence-corrected chi connectivity index (χ4v) is 7.65. The molecule has 5 atom stereocenters. The summed E-state index contributed by atoms with van der Waals surface area (Å²) in [5.41, 5.74) is 2.80. The summed E-state index contributed by atoms with van der Waals surface area (Å²) < 4.78 is 17.7. The van der Waals surface area contributed by atoms with Crippen molar-refractivity contribution in [3.63, 3.8) is 0 Å². The Morgan fingerprint density at radius 1 is 1.39 bits per heavy atom. The number of likely N-dealkylation sites (N-methyl/N-ethyl adjacent to an activating group) is 1. The molecule has 4 aliphatic rings. The standard InChI is InChI=1S/C29H36N2O5/c1-17(2)15-31(25(33)8-5-18-9-12-35-16-18)21-7-6-20-22-13-19-23(32)14-24(34-4)27-26(19)29(20,28(21)36-27)10-11-30(22)3/h5,8-9,12,14,16-17,20-22,28,32H,6-7,10-11,13,15H2,1-4H3/b8-5+/t20-,21+,22+,28-,29-/m0/s1. The SMILES string of the molecule is COc1cc(O)c2c3c1O[C@H]1[C@H](N(CC(C)C)C(=O)/C=C/c4ccoc4)CC[C@H]4[C@@H](C2)N(C)CC[C@@]341. The highest BCUT2D eigenvalue weighted by Gasteiger charge is 2.66. The molecule has 1 amide bonds. The molecule has 7 heteroatoms. The molecular weight excluding hydrogens is 456 g/mol. The third-order valence-electron chi connectivity index (χ3n) is 9.08. The summed E-state index contributed by atoms with van der Waals surface area (Å²) >= 11 is 0. The number of phenols is 1. The van der Waals surface area contributed by atoms with E-state index in [0.29, 0.717) is 35.9 Å². The number of ether oxygens (including phenoxy) is 2. The van der Waals surface area contributed by atoms with Crippen LogP contribution in [0.2, 0.25) is 0 Å². The first-order valence-corrected chi connectivity index (χ1v) is 13.2. The summed E-state index contributed by atoms with van der Waals surface area (Å²) in [4.78, 5) is 18.2. The number of benzene rings is 1. The summed E-state index contributed by atoms with van der Waals surface area (Å²) in [5.74, 6) is 2.41. The van der Waals surface area contributed by atoms with Gasteiger partial charge in [0.05, 0.1) is 25.7 Å². The van der Waals surface area contributed by atoms with Gasteiger partial charge in [0.15, 0.2) is 11.5 Å². The van der Waals surface area contributed by atoms with Gasteiger partial charge in [0, 0.05) is 46.8 Å². The van der Waals surface area contributed by atoms with E-state index in [1.54, 1.807) is 31.8 Å². The number of methoxy groups -OCH3 is 1. The molecule has 1 aromatic heterocycles. The van der Waals surface area contributed by atoms with E-state index in [0.717, 1.165) is 54.7 Å². The Kier molecular flexibility index (Phi) is 5.59. The lowest BCUT2D eigenvalue weighted by Gasteiger charge is -2.60. The van der Waals surface area contributed by atoms with Gasteiger partial charge >= 0.3 is 0 Å². The molecule has 2 bridgehead atoms. The van der Waals surface area contributed by atoms with Crippen LogP contribution >= 0.6 is 0 Å². The molecule has 0 radical (unpaired) electrons. The van der Waals surface area contributed by atoms with Crippen molar-refractivity contribution in [1.29, 1.82) is 0 Å². The maximum atomic E-state index is 13.7. The second kappa shape index (κ2) is 8.58. The Morgan fingerprint density at radius 2 is 2.22 bits per heavy atom. The Balaban J connectivity index is 1.44. The van der Waals surface area contributed by atoms with Gasteiger partial charge in [-0.2, -0.15) is 0 Å².